The molecule has 0 spiro atoms. The Bertz CT molecular complexity index is 902. The van der Waals surface area contributed by atoms with Crippen LogP contribution in [0.4, 0.5) is 0 Å². The average molecular weight is 485 g/mol. The highest BCUT2D eigenvalue weighted by Crippen LogP contribution is 2.34. The Morgan fingerprint density at radius 2 is 1.26 bits per heavy atom. The van der Waals surface area contributed by atoms with Crippen LogP contribution in [0, 0.1) is 0 Å². The van der Waals surface area contributed by atoms with Crippen molar-refractivity contribution < 1.29 is 4.68 Å². The summed E-state index contributed by atoms with van der Waals surface area (Å²) < 4.78 is 3.42. The van der Waals surface area contributed by atoms with E-state index < -0.39 is 0 Å². The molecular formula is C18H14Cl6N3+. The van der Waals surface area contributed by atoms with Gasteiger partial charge in [-0.2, -0.15) is 0 Å². The van der Waals surface area contributed by atoms with Crippen molar-refractivity contribution in [2.45, 2.75) is 26.7 Å². The molecular weight excluding hydrogens is 471 g/mol. The van der Waals surface area contributed by atoms with Crippen LogP contribution in [0.1, 0.15) is 25.2 Å². The molecule has 0 amide bonds. The van der Waals surface area contributed by atoms with Crippen molar-refractivity contribution in [2.24, 2.45) is 0 Å². The molecule has 0 saturated heterocycles. The highest BCUT2D eigenvalue weighted by molar-refractivity contribution is 6.41. The van der Waals surface area contributed by atoms with Crippen LogP contribution in [-0.4, -0.2) is 9.90 Å². The maximum absolute atomic E-state index is 6.42. The summed E-state index contributed by atoms with van der Waals surface area (Å²) in [4.78, 5) is 0. The predicted octanol–water partition coefficient (Wildman–Crippen LogP) is 7.19. The number of nitrogens with zero attached hydrogens (tertiary/aromatic N) is 3. The Hall–Kier alpha value is -0.680. The second-order valence-electron chi connectivity index (χ2n) is 5.75. The molecule has 0 aliphatic heterocycles. The zero-order valence-electron chi connectivity index (χ0n) is 14.3. The summed E-state index contributed by atoms with van der Waals surface area (Å²) in [6.07, 6.45) is 1.39. The molecule has 27 heavy (non-hydrogen) atoms. The van der Waals surface area contributed by atoms with Gasteiger partial charge in [0.2, 0.25) is 0 Å². The third-order valence-corrected chi connectivity index (χ3v) is 5.67. The summed E-state index contributed by atoms with van der Waals surface area (Å²) in [5.74, 6) is 0. The van der Waals surface area contributed by atoms with Gasteiger partial charge in [0.1, 0.15) is 5.21 Å². The maximum Gasteiger partial charge on any atom is 0.193 e. The molecule has 1 heterocycles. The van der Waals surface area contributed by atoms with E-state index in [4.69, 9.17) is 74.8 Å². The van der Waals surface area contributed by atoms with Gasteiger partial charge in [0.15, 0.2) is 22.8 Å². The topological polar surface area (TPSA) is 21.7 Å². The van der Waals surface area contributed by atoms with Gasteiger partial charge < -0.3 is 0 Å². The SMILES string of the molecule is CCc1c(CC)[n+](-c2c(Cl)cc(Cl)cc2Cl)nn1-c1c(Cl)cc(Cl)cc1Cl. The van der Waals surface area contributed by atoms with E-state index in [-0.39, 0.29) is 0 Å². The van der Waals surface area contributed by atoms with Gasteiger partial charge in [0, 0.05) is 22.9 Å². The number of rotatable bonds is 4. The fraction of sp³-hybridized carbons (Fsp3) is 0.222. The standard InChI is InChI=1S/C18H14Cl6N3/c1-3-15-16(4-2)27(18-13(23)7-10(20)8-14(18)24)25-26(15)17-11(21)5-9(19)6-12(17)22/h5-8H,3-4H2,1-2H3/q+1. The molecule has 0 bridgehead atoms. The lowest BCUT2D eigenvalue weighted by Crippen LogP contribution is -2.38. The van der Waals surface area contributed by atoms with Crippen molar-refractivity contribution in [3.05, 3.63) is 65.8 Å². The fourth-order valence-electron chi connectivity index (χ4n) is 2.98. The first-order valence-electron chi connectivity index (χ1n) is 8.11. The van der Waals surface area contributed by atoms with Crippen molar-refractivity contribution >= 4 is 69.6 Å². The summed E-state index contributed by atoms with van der Waals surface area (Å²) in [6, 6.07) is 6.51. The lowest BCUT2D eigenvalue weighted by Gasteiger charge is -2.04. The first kappa shape index (κ1) is 21.0. The molecule has 142 valence electrons. The quantitative estimate of drug-likeness (QED) is 0.359. The van der Waals surface area contributed by atoms with Crippen LogP contribution < -0.4 is 4.68 Å². The van der Waals surface area contributed by atoms with E-state index in [0.717, 1.165) is 11.4 Å². The normalized spacial score (nSPS) is 11.3. The zero-order chi connectivity index (χ0) is 19.9. The van der Waals surface area contributed by atoms with Crippen molar-refractivity contribution in [1.29, 1.82) is 0 Å². The van der Waals surface area contributed by atoms with E-state index in [1.165, 1.54) is 0 Å². The summed E-state index contributed by atoms with van der Waals surface area (Å²) in [7, 11) is 0. The van der Waals surface area contributed by atoms with Crippen LogP contribution in [0.2, 0.25) is 30.1 Å². The van der Waals surface area contributed by atoms with Crippen LogP contribution in [0.5, 0.6) is 0 Å². The highest BCUT2D eigenvalue weighted by atomic mass is 35.5. The van der Waals surface area contributed by atoms with Crippen LogP contribution in [0.3, 0.4) is 0 Å². The largest absolute Gasteiger partial charge is 0.193 e. The Morgan fingerprint density at radius 1 is 0.778 bits per heavy atom. The number of hydrogen-bond donors (Lipinski definition) is 0. The van der Waals surface area contributed by atoms with E-state index in [9.17, 15) is 0 Å². The molecule has 0 radical (unpaired) electrons. The molecule has 0 unspecified atom stereocenters. The van der Waals surface area contributed by atoms with Crippen LogP contribution in [-0.2, 0) is 12.8 Å². The Kier molecular flexibility index (Phi) is 6.52. The minimum Gasteiger partial charge on any atom is -0.0952 e. The molecule has 3 rings (SSSR count). The smallest absolute Gasteiger partial charge is 0.0952 e. The van der Waals surface area contributed by atoms with Gasteiger partial charge in [-0.05, 0) is 24.3 Å². The van der Waals surface area contributed by atoms with Gasteiger partial charge in [-0.1, -0.05) is 92.8 Å². The first-order valence-corrected chi connectivity index (χ1v) is 10.4. The Morgan fingerprint density at radius 3 is 1.70 bits per heavy atom. The molecule has 0 N–H and O–H groups in total. The number of aromatic nitrogens is 3. The molecule has 3 aromatic rings. The molecule has 9 heteroatoms. The van der Waals surface area contributed by atoms with Gasteiger partial charge in [-0.15, -0.1) is 0 Å². The monoisotopic (exact) mass is 482 g/mol. The molecule has 0 fully saturated rings. The minimum atomic E-state index is 0.396. The molecule has 0 atom stereocenters. The van der Waals surface area contributed by atoms with E-state index >= 15 is 0 Å². The lowest BCUT2D eigenvalue weighted by molar-refractivity contribution is -0.668. The third-order valence-electron chi connectivity index (χ3n) is 4.08. The van der Waals surface area contributed by atoms with Gasteiger partial charge in [-0.3, -0.25) is 0 Å². The van der Waals surface area contributed by atoms with E-state index in [1.54, 1.807) is 33.6 Å². The fourth-order valence-corrected chi connectivity index (χ4v) is 4.94. The van der Waals surface area contributed by atoms with Crippen LogP contribution in [0.15, 0.2) is 24.3 Å². The van der Waals surface area contributed by atoms with E-state index in [2.05, 4.69) is 0 Å². The number of halogens is 6. The summed E-state index contributed by atoms with van der Waals surface area (Å²) >= 11 is 37.8. The maximum atomic E-state index is 6.42. The lowest BCUT2D eigenvalue weighted by atomic mass is 10.2. The van der Waals surface area contributed by atoms with Gasteiger partial charge in [0.05, 0.1) is 20.1 Å². The second-order valence-corrected chi connectivity index (χ2v) is 8.25. The highest BCUT2D eigenvalue weighted by Gasteiger charge is 2.31. The van der Waals surface area contributed by atoms with Gasteiger partial charge >= 0.3 is 0 Å². The van der Waals surface area contributed by atoms with Crippen molar-refractivity contribution in [3.63, 3.8) is 0 Å². The summed E-state index contributed by atoms with van der Waals surface area (Å²) in [5, 5.41) is 7.19. The number of hydrogen-bond acceptors (Lipinski definition) is 1. The molecule has 0 aliphatic rings. The van der Waals surface area contributed by atoms with Gasteiger partial charge in [0.25, 0.3) is 0 Å². The molecule has 2 aromatic carbocycles. The third kappa shape index (κ3) is 3.91. The van der Waals surface area contributed by atoms with Gasteiger partial charge in [-0.25, -0.2) is 0 Å². The second kappa shape index (κ2) is 8.36. The molecule has 1 aromatic heterocycles. The minimum absolute atomic E-state index is 0.396. The molecule has 0 saturated carbocycles. The van der Waals surface area contributed by atoms with Crippen molar-refractivity contribution in [1.82, 2.24) is 9.90 Å². The first-order chi connectivity index (χ1) is 12.8. The summed E-state index contributed by atoms with van der Waals surface area (Å²) in [6.45, 7) is 4.06. The number of benzene rings is 2. The predicted molar refractivity (Wildman–Crippen MR) is 114 cm³/mol. The van der Waals surface area contributed by atoms with Crippen molar-refractivity contribution in [2.75, 3.05) is 0 Å². The zero-order valence-corrected chi connectivity index (χ0v) is 18.9. The molecule has 3 nitrogen and oxygen atoms in total. The van der Waals surface area contributed by atoms with Crippen LogP contribution in [0.25, 0.3) is 11.4 Å². The van der Waals surface area contributed by atoms with E-state index in [1.807, 2.05) is 13.8 Å². The Labute approximate surface area is 187 Å². The van der Waals surface area contributed by atoms with Crippen LogP contribution >= 0.6 is 69.6 Å². The van der Waals surface area contributed by atoms with Crippen molar-refractivity contribution in [3.8, 4) is 11.4 Å². The Balaban J connectivity index is 2.35. The average Bonchev–Trinajstić information content (AvgIpc) is 2.90. The molecule has 0 aliphatic carbocycles. The summed E-state index contributed by atoms with van der Waals surface area (Å²) in [5.41, 5.74) is 2.97. The van der Waals surface area contributed by atoms with E-state index in [0.29, 0.717) is 54.4 Å².